The zero-order valence-electron chi connectivity index (χ0n) is 13.2. The largest absolute Gasteiger partial charge is 0.383 e. The van der Waals surface area contributed by atoms with Gasteiger partial charge < -0.3 is 9.64 Å². The van der Waals surface area contributed by atoms with Gasteiger partial charge in [-0.2, -0.15) is 0 Å². The highest BCUT2D eigenvalue weighted by molar-refractivity contribution is 7.91. The number of carbonyl (C=O) groups excluding carboxylic acids is 1. The molecule has 1 aromatic carbocycles. The van der Waals surface area contributed by atoms with E-state index in [9.17, 15) is 13.2 Å². The van der Waals surface area contributed by atoms with Crippen LogP contribution in [0.15, 0.2) is 24.3 Å². The van der Waals surface area contributed by atoms with Crippen molar-refractivity contribution < 1.29 is 17.9 Å². The molecule has 0 saturated carbocycles. The van der Waals surface area contributed by atoms with Gasteiger partial charge in [-0.15, -0.1) is 0 Å². The normalized spacial score (nSPS) is 19.7. The van der Waals surface area contributed by atoms with Gasteiger partial charge in [0.1, 0.15) is 0 Å². The maximum Gasteiger partial charge on any atom is 0.223 e. The van der Waals surface area contributed by atoms with Gasteiger partial charge >= 0.3 is 0 Å². The Balaban J connectivity index is 2.00. The first-order valence-corrected chi connectivity index (χ1v) is 9.85. The molecule has 5 nitrogen and oxygen atoms in total. The number of ether oxygens (including phenoxy) is 1. The van der Waals surface area contributed by atoms with Gasteiger partial charge in [0.25, 0.3) is 0 Å². The summed E-state index contributed by atoms with van der Waals surface area (Å²) in [6.07, 6.45) is 1.36. The highest BCUT2D eigenvalue weighted by atomic mass is 35.5. The number of aryl methyl sites for hydroxylation is 1. The molecule has 1 aromatic rings. The Morgan fingerprint density at radius 3 is 2.74 bits per heavy atom. The van der Waals surface area contributed by atoms with Gasteiger partial charge in [0, 0.05) is 31.1 Å². The van der Waals surface area contributed by atoms with Gasteiger partial charge in [-0.25, -0.2) is 8.42 Å². The number of methoxy groups -OCH3 is 1. The van der Waals surface area contributed by atoms with E-state index in [1.54, 1.807) is 18.1 Å². The van der Waals surface area contributed by atoms with Crippen molar-refractivity contribution in [3.63, 3.8) is 0 Å². The Morgan fingerprint density at radius 2 is 2.13 bits per heavy atom. The number of halogens is 1. The van der Waals surface area contributed by atoms with Crippen molar-refractivity contribution in [1.29, 1.82) is 0 Å². The Bertz CT molecular complexity index is 647. The molecule has 0 radical (unpaired) electrons. The number of sulfone groups is 1. The summed E-state index contributed by atoms with van der Waals surface area (Å²) in [4.78, 5) is 14.2. The summed E-state index contributed by atoms with van der Waals surface area (Å²) in [6, 6.07) is 7.19. The average molecular weight is 360 g/mol. The number of hydrogen-bond acceptors (Lipinski definition) is 4. The standard InChI is InChI=1S/C16H22ClNO4S/c1-22-10-9-18(14-8-11-23(20,21)12-14)16(19)7-6-13-4-2-3-5-15(13)17/h2-5,14H,6-12H2,1H3. The molecule has 0 bridgehead atoms. The predicted molar refractivity (Wildman–Crippen MR) is 90.4 cm³/mol. The van der Waals surface area contributed by atoms with Crippen LogP contribution in [0.5, 0.6) is 0 Å². The van der Waals surface area contributed by atoms with Crippen molar-refractivity contribution in [1.82, 2.24) is 4.90 Å². The number of carbonyl (C=O) groups is 1. The smallest absolute Gasteiger partial charge is 0.223 e. The Morgan fingerprint density at radius 1 is 1.39 bits per heavy atom. The number of benzene rings is 1. The molecular formula is C16H22ClNO4S. The first-order chi connectivity index (χ1) is 10.9. The fourth-order valence-electron chi connectivity index (χ4n) is 2.81. The van der Waals surface area contributed by atoms with Gasteiger partial charge in [0.05, 0.1) is 18.1 Å². The van der Waals surface area contributed by atoms with Gasteiger partial charge in [0.2, 0.25) is 5.91 Å². The SMILES string of the molecule is COCCN(C(=O)CCc1ccccc1Cl)C1CCS(=O)(=O)C1. The zero-order chi connectivity index (χ0) is 16.9. The van der Waals surface area contributed by atoms with Crippen molar-refractivity contribution in [2.45, 2.75) is 25.3 Å². The molecule has 1 atom stereocenters. The van der Waals surface area contributed by atoms with Crippen LogP contribution in [0.2, 0.25) is 5.02 Å². The molecule has 1 heterocycles. The van der Waals surface area contributed by atoms with E-state index in [0.29, 0.717) is 37.4 Å². The van der Waals surface area contributed by atoms with Crippen molar-refractivity contribution in [3.05, 3.63) is 34.9 Å². The van der Waals surface area contributed by atoms with E-state index in [0.717, 1.165) is 5.56 Å². The third-order valence-electron chi connectivity index (χ3n) is 4.07. The molecule has 2 rings (SSSR count). The first-order valence-electron chi connectivity index (χ1n) is 7.65. The molecular weight excluding hydrogens is 338 g/mol. The zero-order valence-corrected chi connectivity index (χ0v) is 14.8. The highest BCUT2D eigenvalue weighted by Gasteiger charge is 2.34. The Labute approximate surface area is 142 Å². The summed E-state index contributed by atoms with van der Waals surface area (Å²) in [5.74, 6) is 0.150. The summed E-state index contributed by atoms with van der Waals surface area (Å²) in [5.41, 5.74) is 0.924. The summed E-state index contributed by atoms with van der Waals surface area (Å²) in [5, 5.41) is 0.646. The van der Waals surface area contributed by atoms with Crippen molar-refractivity contribution in [2.24, 2.45) is 0 Å². The van der Waals surface area contributed by atoms with E-state index >= 15 is 0 Å². The summed E-state index contributed by atoms with van der Waals surface area (Å²) >= 11 is 6.11. The number of amides is 1. The summed E-state index contributed by atoms with van der Waals surface area (Å²) in [6.45, 7) is 0.812. The molecule has 1 aliphatic rings. The van der Waals surface area contributed by atoms with Crippen molar-refractivity contribution in [2.75, 3.05) is 31.8 Å². The summed E-state index contributed by atoms with van der Waals surface area (Å²) < 4.78 is 28.4. The molecule has 0 N–H and O–H groups in total. The number of hydrogen-bond donors (Lipinski definition) is 0. The van der Waals surface area contributed by atoms with Crippen LogP contribution in [0.1, 0.15) is 18.4 Å². The van der Waals surface area contributed by atoms with Crippen molar-refractivity contribution in [3.8, 4) is 0 Å². The Kier molecular flexibility index (Phi) is 6.44. The monoisotopic (exact) mass is 359 g/mol. The fourth-order valence-corrected chi connectivity index (χ4v) is 4.77. The van der Waals surface area contributed by atoms with Gasteiger partial charge in [-0.3, -0.25) is 4.79 Å². The van der Waals surface area contributed by atoms with E-state index < -0.39 is 9.84 Å². The minimum Gasteiger partial charge on any atom is -0.383 e. The van der Waals surface area contributed by atoms with E-state index in [1.165, 1.54) is 0 Å². The van der Waals surface area contributed by atoms with Crippen LogP contribution in [0, 0.1) is 0 Å². The molecule has 1 fully saturated rings. The molecule has 0 spiro atoms. The third-order valence-corrected chi connectivity index (χ3v) is 6.19. The molecule has 1 saturated heterocycles. The van der Waals surface area contributed by atoms with E-state index in [2.05, 4.69) is 0 Å². The molecule has 0 aliphatic carbocycles. The third kappa shape index (κ3) is 5.19. The van der Waals surface area contributed by atoms with E-state index in [-0.39, 0.29) is 23.5 Å². The van der Waals surface area contributed by atoms with Crippen LogP contribution >= 0.6 is 11.6 Å². The van der Waals surface area contributed by atoms with Crippen LogP contribution in [-0.4, -0.2) is 57.0 Å². The lowest BCUT2D eigenvalue weighted by atomic mass is 10.1. The minimum atomic E-state index is -3.03. The minimum absolute atomic E-state index is 0.0501. The molecule has 1 amide bonds. The highest BCUT2D eigenvalue weighted by Crippen LogP contribution is 2.21. The number of rotatable bonds is 7. The second kappa shape index (κ2) is 8.13. The van der Waals surface area contributed by atoms with E-state index in [4.69, 9.17) is 16.3 Å². The van der Waals surface area contributed by atoms with Crippen LogP contribution in [0.3, 0.4) is 0 Å². The van der Waals surface area contributed by atoms with Gasteiger partial charge in [-0.05, 0) is 24.5 Å². The lowest BCUT2D eigenvalue weighted by Crippen LogP contribution is -2.43. The molecule has 1 aliphatic heterocycles. The maximum atomic E-state index is 12.6. The second-order valence-electron chi connectivity index (χ2n) is 5.73. The van der Waals surface area contributed by atoms with E-state index in [1.807, 2.05) is 18.2 Å². The molecule has 1 unspecified atom stereocenters. The summed E-state index contributed by atoms with van der Waals surface area (Å²) in [7, 11) is -1.46. The molecule has 0 aromatic heterocycles. The predicted octanol–water partition coefficient (Wildman–Crippen LogP) is 1.93. The average Bonchev–Trinajstić information content (AvgIpc) is 2.87. The topological polar surface area (TPSA) is 63.7 Å². The second-order valence-corrected chi connectivity index (χ2v) is 8.36. The number of nitrogens with zero attached hydrogens (tertiary/aromatic N) is 1. The van der Waals surface area contributed by atoms with Crippen molar-refractivity contribution >= 4 is 27.3 Å². The van der Waals surface area contributed by atoms with Gasteiger partial charge in [-0.1, -0.05) is 29.8 Å². The molecule has 7 heteroatoms. The van der Waals surface area contributed by atoms with Crippen LogP contribution < -0.4 is 0 Å². The maximum absolute atomic E-state index is 12.6. The van der Waals surface area contributed by atoms with Crippen LogP contribution in [0.25, 0.3) is 0 Å². The lowest BCUT2D eigenvalue weighted by Gasteiger charge is -2.28. The molecule has 23 heavy (non-hydrogen) atoms. The Hall–Kier alpha value is -1.11. The first kappa shape index (κ1) is 18.2. The van der Waals surface area contributed by atoms with Crippen LogP contribution in [0.4, 0.5) is 0 Å². The van der Waals surface area contributed by atoms with Gasteiger partial charge in [0.15, 0.2) is 9.84 Å². The lowest BCUT2D eigenvalue weighted by molar-refractivity contribution is -0.133. The quantitative estimate of drug-likeness (QED) is 0.746. The van der Waals surface area contributed by atoms with Crippen LogP contribution in [-0.2, 0) is 25.8 Å². The fraction of sp³-hybridized carbons (Fsp3) is 0.562. The molecule has 128 valence electrons.